The summed E-state index contributed by atoms with van der Waals surface area (Å²) in [6, 6.07) is 4.21. The highest BCUT2D eigenvalue weighted by Crippen LogP contribution is 2.10. The van der Waals surface area contributed by atoms with Crippen LogP contribution in [-0.2, 0) is 11.3 Å². The van der Waals surface area contributed by atoms with E-state index in [0.717, 1.165) is 6.54 Å². The van der Waals surface area contributed by atoms with Gasteiger partial charge in [0, 0.05) is 11.4 Å². The van der Waals surface area contributed by atoms with E-state index in [4.69, 9.17) is 4.74 Å². The number of aliphatic hydroxyl groups is 1. The smallest absolute Gasteiger partial charge is 0.0948 e. The molecule has 0 bridgehead atoms. The Kier molecular flexibility index (Phi) is 2.95. The second kappa shape index (κ2) is 4.19. The maximum absolute atomic E-state index is 9.43. The van der Waals surface area contributed by atoms with Gasteiger partial charge in [0.15, 0.2) is 0 Å². The average molecular weight is 199 g/mol. The first-order chi connectivity index (χ1) is 6.36. The summed E-state index contributed by atoms with van der Waals surface area (Å²) in [7, 11) is 0. The first-order valence-corrected chi connectivity index (χ1v) is 5.26. The van der Waals surface area contributed by atoms with Crippen LogP contribution in [0.15, 0.2) is 17.5 Å². The molecule has 0 spiro atoms. The van der Waals surface area contributed by atoms with E-state index < -0.39 is 0 Å². The van der Waals surface area contributed by atoms with E-state index in [1.807, 2.05) is 6.07 Å². The lowest BCUT2D eigenvalue weighted by Gasteiger charge is -2.13. The summed E-state index contributed by atoms with van der Waals surface area (Å²) in [4.78, 5) is 1.29. The van der Waals surface area contributed by atoms with Crippen molar-refractivity contribution in [1.82, 2.24) is 5.32 Å². The van der Waals surface area contributed by atoms with E-state index in [1.54, 1.807) is 11.3 Å². The van der Waals surface area contributed by atoms with Gasteiger partial charge in [-0.05, 0) is 11.4 Å². The molecule has 72 valence electrons. The lowest BCUT2D eigenvalue weighted by atomic mass is 10.2. The molecular formula is C9H13NO2S. The van der Waals surface area contributed by atoms with Crippen molar-refractivity contribution in [3.05, 3.63) is 22.4 Å². The standard InChI is InChI=1S/C9H13NO2S/c11-9-6-12-5-8(9)10-4-7-2-1-3-13-7/h1-3,8-11H,4-6H2. The van der Waals surface area contributed by atoms with E-state index in [2.05, 4.69) is 16.8 Å². The van der Waals surface area contributed by atoms with Gasteiger partial charge in [-0.3, -0.25) is 0 Å². The Bertz CT molecular complexity index is 250. The second-order valence-corrected chi connectivity index (χ2v) is 4.20. The molecule has 4 heteroatoms. The van der Waals surface area contributed by atoms with Gasteiger partial charge in [-0.25, -0.2) is 0 Å². The fourth-order valence-corrected chi connectivity index (χ4v) is 2.04. The summed E-state index contributed by atoms with van der Waals surface area (Å²) in [6.07, 6.45) is -0.347. The van der Waals surface area contributed by atoms with E-state index in [-0.39, 0.29) is 12.1 Å². The lowest BCUT2D eigenvalue weighted by Crippen LogP contribution is -2.38. The quantitative estimate of drug-likeness (QED) is 0.749. The number of rotatable bonds is 3. The van der Waals surface area contributed by atoms with Crippen LogP contribution in [0.2, 0.25) is 0 Å². The summed E-state index contributed by atoms with van der Waals surface area (Å²) in [5.41, 5.74) is 0. The Morgan fingerprint density at radius 2 is 2.54 bits per heavy atom. The van der Waals surface area contributed by atoms with Gasteiger partial charge in [0.2, 0.25) is 0 Å². The van der Waals surface area contributed by atoms with E-state index in [1.165, 1.54) is 4.88 Å². The number of aliphatic hydroxyl groups excluding tert-OH is 1. The molecule has 1 aromatic rings. The van der Waals surface area contributed by atoms with Crippen LogP contribution in [0.3, 0.4) is 0 Å². The molecule has 2 heterocycles. The monoisotopic (exact) mass is 199 g/mol. The summed E-state index contributed by atoms with van der Waals surface area (Å²) in [5, 5.41) is 14.8. The third-order valence-electron chi connectivity index (χ3n) is 2.17. The molecule has 2 rings (SSSR count). The predicted octanol–water partition coefficient (Wildman–Crippen LogP) is 0.597. The first-order valence-electron chi connectivity index (χ1n) is 4.38. The van der Waals surface area contributed by atoms with Crippen molar-refractivity contribution in [1.29, 1.82) is 0 Å². The second-order valence-electron chi connectivity index (χ2n) is 3.17. The minimum Gasteiger partial charge on any atom is -0.389 e. The van der Waals surface area contributed by atoms with Crippen LogP contribution in [0.1, 0.15) is 4.88 Å². The molecule has 2 N–H and O–H groups in total. The minimum absolute atomic E-state index is 0.0992. The minimum atomic E-state index is -0.347. The zero-order valence-corrected chi connectivity index (χ0v) is 8.09. The van der Waals surface area contributed by atoms with Crippen LogP contribution >= 0.6 is 11.3 Å². The van der Waals surface area contributed by atoms with Gasteiger partial charge < -0.3 is 15.2 Å². The third-order valence-corrected chi connectivity index (χ3v) is 3.05. The Labute approximate surface area is 81.3 Å². The van der Waals surface area contributed by atoms with Gasteiger partial charge in [-0.1, -0.05) is 6.07 Å². The number of hydrogen-bond acceptors (Lipinski definition) is 4. The molecule has 2 atom stereocenters. The van der Waals surface area contributed by atoms with Crippen molar-refractivity contribution < 1.29 is 9.84 Å². The van der Waals surface area contributed by atoms with Crippen LogP contribution < -0.4 is 5.32 Å². The molecule has 1 aromatic heterocycles. The molecule has 0 amide bonds. The van der Waals surface area contributed by atoms with E-state index >= 15 is 0 Å². The van der Waals surface area contributed by atoms with Crippen LogP contribution in [0.5, 0.6) is 0 Å². The van der Waals surface area contributed by atoms with Crippen LogP contribution in [0, 0.1) is 0 Å². The van der Waals surface area contributed by atoms with Crippen molar-refractivity contribution in [2.75, 3.05) is 13.2 Å². The molecule has 0 radical (unpaired) electrons. The van der Waals surface area contributed by atoms with Gasteiger partial charge in [0.05, 0.1) is 25.4 Å². The van der Waals surface area contributed by atoms with Gasteiger partial charge >= 0.3 is 0 Å². The number of hydrogen-bond donors (Lipinski definition) is 2. The Morgan fingerprint density at radius 1 is 1.62 bits per heavy atom. The SMILES string of the molecule is OC1COCC1NCc1cccs1. The van der Waals surface area contributed by atoms with Crippen LogP contribution in [-0.4, -0.2) is 30.5 Å². The van der Waals surface area contributed by atoms with Gasteiger partial charge in [-0.15, -0.1) is 11.3 Å². The molecule has 1 saturated heterocycles. The van der Waals surface area contributed by atoms with E-state index in [0.29, 0.717) is 13.2 Å². The van der Waals surface area contributed by atoms with Crippen molar-refractivity contribution >= 4 is 11.3 Å². The molecule has 0 saturated carbocycles. The van der Waals surface area contributed by atoms with Gasteiger partial charge in [-0.2, -0.15) is 0 Å². The fourth-order valence-electron chi connectivity index (χ4n) is 1.38. The summed E-state index contributed by atoms with van der Waals surface area (Å²) < 4.78 is 5.13. The normalized spacial score (nSPS) is 28.1. The Balaban J connectivity index is 1.79. The summed E-state index contributed by atoms with van der Waals surface area (Å²) >= 11 is 1.72. The number of nitrogens with one attached hydrogen (secondary N) is 1. The first kappa shape index (κ1) is 9.15. The average Bonchev–Trinajstić information content (AvgIpc) is 2.72. The fraction of sp³-hybridized carbons (Fsp3) is 0.556. The van der Waals surface area contributed by atoms with Crippen LogP contribution in [0.25, 0.3) is 0 Å². The molecule has 0 aliphatic carbocycles. The molecule has 0 aromatic carbocycles. The lowest BCUT2D eigenvalue weighted by molar-refractivity contribution is 0.122. The largest absolute Gasteiger partial charge is 0.389 e. The maximum atomic E-state index is 9.43. The molecule has 1 aliphatic rings. The van der Waals surface area contributed by atoms with Crippen molar-refractivity contribution in [3.63, 3.8) is 0 Å². The predicted molar refractivity (Wildman–Crippen MR) is 51.8 cm³/mol. The molecule has 3 nitrogen and oxygen atoms in total. The Morgan fingerprint density at radius 3 is 3.15 bits per heavy atom. The highest BCUT2D eigenvalue weighted by molar-refractivity contribution is 7.09. The molecule has 2 unspecified atom stereocenters. The number of thiophene rings is 1. The molecular weight excluding hydrogens is 186 g/mol. The summed E-state index contributed by atoms with van der Waals surface area (Å²) in [6.45, 7) is 1.90. The highest BCUT2D eigenvalue weighted by atomic mass is 32.1. The molecule has 1 fully saturated rings. The molecule has 1 aliphatic heterocycles. The highest BCUT2D eigenvalue weighted by Gasteiger charge is 2.25. The van der Waals surface area contributed by atoms with Gasteiger partial charge in [0.25, 0.3) is 0 Å². The van der Waals surface area contributed by atoms with Gasteiger partial charge in [0.1, 0.15) is 0 Å². The van der Waals surface area contributed by atoms with E-state index in [9.17, 15) is 5.11 Å². The summed E-state index contributed by atoms with van der Waals surface area (Å²) in [5.74, 6) is 0. The Hall–Kier alpha value is -0.420. The van der Waals surface area contributed by atoms with Crippen LogP contribution in [0.4, 0.5) is 0 Å². The molecule has 13 heavy (non-hydrogen) atoms. The zero-order valence-electron chi connectivity index (χ0n) is 7.27. The topological polar surface area (TPSA) is 41.5 Å². The maximum Gasteiger partial charge on any atom is 0.0948 e. The number of ether oxygens (including phenoxy) is 1. The van der Waals surface area contributed by atoms with Crippen molar-refractivity contribution in [3.8, 4) is 0 Å². The van der Waals surface area contributed by atoms with Crippen molar-refractivity contribution in [2.45, 2.75) is 18.7 Å². The third kappa shape index (κ3) is 2.28. The zero-order chi connectivity index (χ0) is 9.10. The van der Waals surface area contributed by atoms with Crippen molar-refractivity contribution in [2.24, 2.45) is 0 Å².